The van der Waals surface area contributed by atoms with E-state index < -0.39 is 15.7 Å². The molecule has 3 aromatic rings. The summed E-state index contributed by atoms with van der Waals surface area (Å²) in [5.41, 5.74) is 1.55. The maximum Gasteiger partial charge on any atom is 0.165 e. The van der Waals surface area contributed by atoms with Crippen LogP contribution < -0.4 is 4.74 Å². The molecule has 0 saturated carbocycles. The second kappa shape index (κ2) is 6.60. The average molecular weight is 348 g/mol. The Balaban J connectivity index is 1.84. The van der Waals surface area contributed by atoms with Crippen LogP contribution in [0.25, 0.3) is 11.0 Å². The summed E-state index contributed by atoms with van der Waals surface area (Å²) in [5.74, 6) is 0.0493. The smallest absolute Gasteiger partial charge is 0.165 e. The molecule has 0 unspecified atom stereocenters. The van der Waals surface area contributed by atoms with Gasteiger partial charge in [0.1, 0.15) is 18.2 Å². The van der Waals surface area contributed by atoms with Crippen LogP contribution in [0.3, 0.4) is 0 Å². The lowest BCUT2D eigenvalue weighted by Crippen LogP contribution is -2.14. The third-order valence-electron chi connectivity index (χ3n) is 3.53. The van der Waals surface area contributed by atoms with E-state index in [0.717, 1.165) is 11.0 Å². The highest BCUT2D eigenvalue weighted by molar-refractivity contribution is 7.89. The number of ether oxygens (including phenoxy) is 1. The zero-order chi connectivity index (χ0) is 17.2. The summed E-state index contributed by atoms with van der Waals surface area (Å²) in [6.45, 7) is 0.581. The number of halogens is 1. The van der Waals surface area contributed by atoms with Gasteiger partial charge in [0.25, 0.3) is 0 Å². The Labute approximate surface area is 139 Å². The van der Waals surface area contributed by atoms with Gasteiger partial charge in [-0.15, -0.1) is 0 Å². The van der Waals surface area contributed by atoms with Crippen molar-refractivity contribution < 1.29 is 17.5 Å². The van der Waals surface area contributed by atoms with Gasteiger partial charge in [0, 0.05) is 6.26 Å². The van der Waals surface area contributed by atoms with Crippen molar-refractivity contribution in [3.63, 3.8) is 0 Å². The largest absolute Gasteiger partial charge is 0.489 e. The minimum Gasteiger partial charge on any atom is -0.489 e. The molecule has 0 aliphatic carbocycles. The fraction of sp³-hybridized carbons (Fsp3) is 0.235. The number of imidazole rings is 1. The molecule has 0 spiro atoms. The minimum atomic E-state index is -3.22. The van der Waals surface area contributed by atoms with Gasteiger partial charge in [-0.3, -0.25) is 0 Å². The topological polar surface area (TPSA) is 61.2 Å². The number of para-hydroxylation sites is 3. The van der Waals surface area contributed by atoms with E-state index in [4.69, 9.17) is 4.74 Å². The van der Waals surface area contributed by atoms with Crippen molar-refractivity contribution in [1.29, 1.82) is 0 Å². The van der Waals surface area contributed by atoms with Crippen LogP contribution in [0.15, 0.2) is 48.5 Å². The number of hydrogen-bond acceptors (Lipinski definition) is 4. The lowest BCUT2D eigenvalue weighted by Gasteiger charge is -2.11. The monoisotopic (exact) mass is 348 g/mol. The molecule has 0 aliphatic rings. The number of aromatic nitrogens is 2. The van der Waals surface area contributed by atoms with Gasteiger partial charge >= 0.3 is 0 Å². The van der Waals surface area contributed by atoms with E-state index in [1.807, 2.05) is 24.3 Å². The van der Waals surface area contributed by atoms with Crippen molar-refractivity contribution in [1.82, 2.24) is 9.55 Å². The first kappa shape index (κ1) is 16.4. The Morgan fingerprint density at radius 1 is 1.12 bits per heavy atom. The van der Waals surface area contributed by atoms with Gasteiger partial charge in [0.05, 0.1) is 17.6 Å². The Bertz CT molecular complexity index is 967. The molecule has 0 saturated heterocycles. The molecule has 126 valence electrons. The van der Waals surface area contributed by atoms with Crippen LogP contribution in [0, 0.1) is 5.82 Å². The van der Waals surface area contributed by atoms with E-state index in [2.05, 4.69) is 4.98 Å². The minimum absolute atomic E-state index is 0.151. The van der Waals surface area contributed by atoms with Crippen LogP contribution in [-0.4, -0.2) is 30.8 Å². The molecule has 0 bridgehead atoms. The van der Waals surface area contributed by atoms with Crippen LogP contribution in [0.2, 0.25) is 0 Å². The van der Waals surface area contributed by atoms with Crippen LogP contribution in [-0.2, 0) is 22.1 Å². The second-order valence-corrected chi connectivity index (χ2v) is 7.66. The molecular weight excluding hydrogens is 331 g/mol. The molecule has 1 heterocycles. The third kappa shape index (κ3) is 3.73. The summed E-state index contributed by atoms with van der Waals surface area (Å²) in [5, 5.41) is 0. The lowest BCUT2D eigenvalue weighted by molar-refractivity contribution is 0.285. The number of fused-ring (bicyclic) bond motifs is 1. The molecule has 5 nitrogen and oxygen atoms in total. The highest BCUT2D eigenvalue weighted by Gasteiger charge is 2.15. The molecule has 0 aliphatic heterocycles. The second-order valence-electron chi connectivity index (χ2n) is 5.52. The Morgan fingerprint density at radius 2 is 1.83 bits per heavy atom. The molecule has 0 radical (unpaired) electrons. The number of rotatable bonds is 6. The van der Waals surface area contributed by atoms with Gasteiger partial charge < -0.3 is 9.30 Å². The maximum absolute atomic E-state index is 13.6. The molecule has 24 heavy (non-hydrogen) atoms. The molecule has 0 amide bonds. The quantitative estimate of drug-likeness (QED) is 0.687. The molecular formula is C17H17FN2O3S. The maximum atomic E-state index is 13.6. The molecule has 3 rings (SSSR count). The van der Waals surface area contributed by atoms with E-state index in [-0.39, 0.29) is 18.1 Å². The number of nitrogens with zero attached hydrogens (tertiary/aromatic N) is 2. The number of hydrogen-bond donors (Lipinski definition) is 0. The highest BCUT2D eigenvalue weighted by atomic mass is 32.2. The fourth-order valence-electron chi connectivity index (χ4n) is 2.53. The summed E-state index contributed by atoms with van der Waals surface area (Å²) in [6.07, 6.45) is 1.17. The molecule has 1 aromatic heterocycles. The van der Waals surface area contributed by atoms with Crippen LogP contribution >= 0.6 is 0 Å². The van der Waals surface area contributed by atoms with E-state index in [1.54, 1.807) is 22.8 Å². The van der Waals surface area contributed by atoms with E-state index in [1.165, 1.54) is 12.3 Å². The Hall–Kier alpha value is -2.41. The summed E-state index contributed by atoms with van der Waals surface area (Å²) in [4.78, 5) is 4.40. The Kier molecular flexibility index (Phi) is 4.53. The van der Waals surface area contributed by atoms with E-state index in [0.29, 0.717) is 12.4 Å². The van der Waals surface area contributed by atoms with Gasteiger partial charge in [-0.2, -0.15) is 0 Å². The van der Waals surface area contributed by atoms with E-state index in [9.17, 15) is 12.8 Å². The van der Waals surface area contributed by atoms with Gasteiger partial charge in [0.15, 0.2) is 21.4 Å². The van der Waals surface area contributed by atoms with Crippen molar-refractivity contribution in [2.45, 2.75) is 12.3 Å². The van der Waals surface area contributed by atoms with Crippen molar-refractivity contribution in [3.8, 4) is 5.75 Å². The SMILES string of the molecule is CS(=O)(=O)Cc1nc2ccccc2n1CCOc1ccccc1F. The normalized spacial score (nSPS) is 11.8. The number of benzene rings is 2. The Morgan fingerprint density at radius 3 is 2.58 bits per heavy atom. The molecule has 0 N–H and O–H groups in total. The molecule has 7 heteroatoms. The first-order chi connectivity index (χ1) is 11.4. The third-order valence-corrected chi connectivity index (χ3v) is 4.32. The van der Waals surface area contributed by atoms with E-state index >= 15 is 0 Å². The van der Waals surface area contributed by atoms with Gasteiger partial charge in [-0.05, 0) is 24.3 Å². The highest BCUT2D eigenvalue weighted by Crippen LogP contribution is 2.19. The van der Waals surface area contributed by atoms with Crippen molar-refractivity contribution in [2.24, 2.45) is 0 Å². The van der Waals surface area contributed by atoms with Gasteiger partial charge in [-0.1, -0.05) is 24.3 Å². The zero-order valence-corrected chi connectivity index (χ0v) is 14.0. The predicted molar refractivity (Wildman–Crippen MR) is 90.2 cm³/mol. The van der Waals surface area contributed by atoms with Crippen LogP contribution in [0.1, 0.15) is 5.82 Å². The fourth-order valence-corrected chi connectivity index (χ4v) is 3.22. The predicted octanol–water partition coefficient (Wildman–Crippen LogP) is 2.80. The molecule has 2 aromatic carbocycles. The first-order valence-electron chi connectivity index (χ1n) is 7.43. The van der Waals surface area contributed by atoms with Gasteiger partial charge in [0.2, 0.25) is 0 Å². The van der Waals surface area contributed by atoms with Gasteiger partial charge in [-0.25, -0.2) is 17.8 Å². The van der Waals surface area contributed by atoms with Crippen molar-refractivity contribution >= 4 is 20.9 Å². The van der Waals surface area contributed by atoms with Crippen molar-refractivity contribution in [2.75, 3.05) is 12.9 Å². The van der Waals surface area contributed by atoms with Crippen LogP contribution in [0.5, 0.6) is 5.75 Å². The average Bonchev–Trinajstić information content (AvgIpc) is 2.85. The zero-order valence-electron chi connectivity index (χ0n) is 13.1. The summed E-state index contributed by atoms with van der Waals surface area (Å²) in [6, 6.07) is 13.6. The summed E-state index contributed by atoms with van der Waals surface area (Å²) >= 11 is 0. The van der Waals surface area contributed by atoms with Crippen LogP contribution in [0.4, 0.5) is 4.39 Å². The first-order valence-corrected chi connectivity index (χ1v) is 9.49. The van der Waals surface area contributed by atoms with Crippen molar-refractivity contribution in [3.05, 3.63) is 60.2 Å². The summed E-state index contributed by atoms with van der Waals surface area (Å²) < 4.78 is 44.1. The summed E-state index contributed by atoms with van der Waals surface area (Å²) in [7, 11) is -3.22. The lowest BCUT2D eigenvalue weighted by atomic mass is 10.3. The number of sulfone groups is 1. The standard InChI is InChI=1S/C17H17FN2O3S/c1-24(21,22)12-17-19-14-7-3-4-8-15(14)20(17)10-11-23-16-9-5-2-6-13(16)18/h2-9H,10-12H2,1H3. The molecule has 0 atom stereocenters. The molecule has 0 fully saturated rings.